The van der Waals surface area contributed by atoms with Crippen molar-refractivity contribution in [3.8, 4) is 0 Å². The molecule has 0 saturated carbocycles. The van der Waals surface area contributed by atoms with Crippen LogP contribution in [0.25, 0.3) is 0 Å². The number of hydrogen-bond acceptors (Lipinski definition) is 3. The smallest absolute Gasteiger partial charge is 0.243 e. The molecule has 88 valence electrons. The maximum absolute atomic E-state index is 12.0. The van der Waals surface area contributed by atoms with E-state index in [-0.39, 0.29) is 23.7 Å². The van der Waals surface area contributed by atoms with Crippen LogP contribution in [0.3, 0.4) is 0 Å². The molecule has 0 aromatic carbocycles. The molecule has 2 unspecified atom stereocenters. The molecule has 2 aliphatic rings. The van der Waals surface area contributed by atoms with Gasteiger partial charge in [-0.25, -0.2) is 4.31 Å². The lowest BCUT2D eigenvalue weighted by Gasteiger charge is -2.19. The van der Waals surface area contributed by atoms with Gasteiger partial charge in [0.25, 0.3) is 0 Å². The van der Waals surface area contributed by atoms with E-state index in [2.05, 4.69) is 0 Å². The second kappa shape index (κ2) is 4.24. The Balaban J connectivity index is 2.18. The van der Waals surface area contributed by atoms with E-state index in [1.807, 2.05) is 12.2 Å². The standard InChI is InChI=1S/C10H11Cl2NO2S/c1-10(11,12)16-13-8(14)6-4-2-3-5-7(6)9(13)15/h2-3,6-7H,4-5H2,1H3. The number of amides is 2. The predicted octanol–water partition coefficient (Wildman–Crippen LogP) is 2.74. The number of imide groups is 1. The van der Waals surface area contributed by atoms with Crippen molar-refractivity contribution in [2.24, 2.45) is 11.8 Å². The van der Waals surface area contributed by atoms with Gasteiger partial charge in [0.1, 0.15) is 0 Å². The average Bonchev–Trinajstić information content (AvgIpc) is 2.43. The number of hydrogen-bond donors (Lipinski definition) is 0. The van der Waals surface area contributed by atoms with Crippen LogP contribution in [-0.2, 0) is 9.59 Å². The lowest BCUT2D eigenvalue weighted by Crippen LogP contribution is -2.27. The molecule has 2 atom stereocenters. The topological polar surface area (TPSA) is 37.4 Å². The molecule has 0 aromatic rings. The quantitative estimate of drug-likeness (QED) is 0.338. The van der Waals surface area contributed by atoms with Gasteiger partial charge in [0, 0.05) is 11.9 Å². The number of alkyl halides is 2. The summed E-state index contributed by atoms with van der Waals surface area (Å²) < 4.78 is -0.0332. The third-order valence-corrected chi connectivity index (χ3v) is 4.00. The first-order valence-corrected chi connectivity index (χ1v) is 6.53. The van der Waals surface area contributed by atoms with Gasteiger partial charge in [-0.2, -0.15) is 0 Å². The molecular formula is C10H11Cl2NO2S. The molecular weight excluding hydrogens is 269 g/mol. The highest BCUT2D eigenvalue weighted by Crippen LogP contribution is 2.44. The minimum atomic E-state index is -1.16. The van der Waals surface area contributed by atoms with E-state index in [1.165, 1.54) is 0 Å². The first kappa shape index (κ1) is 12.3. The van der Waals surface area contributed by atoms with E-state index < -0.39 is 3.67 Å². The molecule has 1 heterocycles. The van der Waals surface area contributed by atoms with Crippen molar-refractivity contribution >= 4 is 47.0 Å². The Morgan fingerprint density at radius 2 is 1.69 bits per heavy atom. The maximum Gasteiger partial charge on any atom is 0.243 e. The zero-order valence-corrected chi connectivity index (χ0v) is 11.0. The Morgan fingerprint density at radius 3 is 2.06 bits per heavy atom. The lowest BCUT2D eigenvalue weighted by atomic mass is 9.85. The SMILES string of the molecule is CC(Cl)(Cl)SN1C(=O)C2CC=CCC2C1=O. The summed E-state index contributed by atoms with van der Waals surface area (Å²) in [5.41, 5.74) is 0. The highest BCUT2D eigenvalue weighted by atomic mass is 35.5. The summed E-state index contributed by atoms with van der Waals surface area (Å²) in [7, 11) is 0. The summed E-state index contributed by atoms with van der Waals surface area (Å²) in [5, 5.41) is 0. The van der Waals surface area contributed by atoms with Crippen molar-refractivity contribution in [1.82, 2.24) is 4.31 Å². The molecule has 6 heteroatoms. The molecule has 2 rings (SSSR count). The number of rotatable bonds is 2. The normalized spacial score (nSPS) is 29.8. The molecule has 0 radical (unpaired) electrons. The summed E-state index contributed by atoms with van der Waals surface area (Å²) in [6.45, 7) is 1.54. The van der Waals surface area contributed by atoms with Crippen molar-refractivity contribution < 1.29 is 9.59 Å². The van der Waals surface area contributed by atoms with Crippen molar-refractivity contribution in [3.63, 3.8) is 0 Å². The second-order valence-corrected chi connectivity index (χ2v) is 7.54. The van der Waals surface area contributed by atoms with Gasteiger partial charge in [-0.1, -0.05) is 35.4 Å². The van der Waals surface area contributed by atoms with Crippen LogP contribution in [-0.4, -0.2) is 19.8 Å². The molecule has 0 spiro atoms. The summed E-state index contributed by atoms with van der Waals surface area (Å²) in [6.07, 6.45) is 5.16. The van der Waals surface area contributed by atoms with Crippen LogP contribution in [0.5, 0.6) is 0 Å². The van der Waals surface area contributed by atoms with Gasteiger partial charge >= 0.3 is 0 Å². The second-order valence-electron chi connectivity index (χ2n) is 4.03. The van der Waals surface area contributed by atoms with Crippen LogP contribution in [0.4, 0.5) is 0 Å². The van der Waals surface area contributed by atoms with E-state index in [9.17, 15) is 9.59 Å². The van der Waals surface area contributed by atoms with Gasteiger partial charge in [0.05, 0.1) is 11.8 Å². The first-order valence-electron chi connectivity index (χ1n) is 5.00. The molecule has 16 heavy (non-hydrogen) atoms. The minimum absolute atomic E-state index is 0.170. The van der Waals surface area contributed by atoms with Crippen LogP contribution in [0.15, 0.2) is 12.2 Å². The van der Waals surface area contributed by atoms with Gasteiger partial charge in [-0.05, 0) is 19.8 Å². The van der Waals surface area contributed by atoms with Crippen LogP contribution in [0.2, 0.25) is 0 Å². The number of nitrogens with zero attached hydrogens (tertiary/aromatic N) is 1. The number of carbonyl (C=O) groups is 2. The van der Waals surface area contributed by atoms with Gasteiger partial charge in [-0.3, -0.25) is 9.59 Å². The molecule has 2 amide bonds. The number of fused-ring (bicyclic) bond motifs is 1. The molecule has 1 aliphatic carbocycles. The van der Waals surface area contributed by atoms with E-state index in [1.54, 1.807) is 6.92 Å². The first-order chi connectivity index (χ1) is 7.40. The fraction of sp³-hybridized carbons (Fsp3) is 0.600. The predicted molar refractivity (Wildman–Crippen MR) is 64.9 cm³/mol. The average molecular weight is 280 g/mol. The van der Waals surface area contributed by atoms with Crippen molar-refractivity contribution in [1.29, 1.82) is 0 Å². The van der Waals surface area contributed by atoms with Gasteiger partial charge in [0.15, 0.2) is 3.67 Å². The fourth-order valence-corrected chi connectivity index (χ4v) is 3.21. The molecule has 0 bridgehead atoms. The zero-order valence-electron chi connectivity index (χ0n) is 8.65. The van der Waals surface area contributed by atoms with Gasteiger partial charge in [-0.15, -0.1) is 0 Å². The number of carbonyl (C=O) groups excluding carboxylic acids is 2. The van der Waals surface area contributed by atoms with Crippen molar-refractivity contribution in [2.75, 3.05) is 0 Å². The largest absolute Gasteiger partial charge is 0.273 e. The zero-order chi connectivity index (χ0) is 11.9. The Bertz CT molecular complexity index is 338. The van der Waals surface area contributed by atoms with Crippen LogP contribution >= 0.6 is 35.1 Å². The maximum atomic E-state index is 12.0. The molecule has 3 nitrogen and oxygen atoms in total. The van der Waals surface area contributed by atoms with E-state index >= 15 is 0 Å². The summed E-state index contributed by atoms with van der Waals surface area (Å²) in [4.78, 5) is 23.9. The Morgan fingerprint density at radius 1 is 1.25 bits per heavy atom. The summed E-state index contributed by atoms with van der Waals surface area (Å²) >= 11 is 12.5. The monoisotopic (exact) mass is 279 g/mol. The Hall–Kier alpha value is -0.190. The fourth-order valence-electron chi connectivity index (χ4n) is 2.02. The molecule has 0 aromatic heterocycles. The van der Waals surface area contributed by atoms with Gasteiger partial charge in [0.2, 0.25) is 11.8 Å². The van der Waals surface area contributed by atoms with Crippen LogP contribution in [0.1, 0.15) is 19.8 Å². The van der Waals surface area contributed by atoms with Gasteiger partial charge < -0.3 is 0 Å². The Labute approximate surface area is 108 Å². The molecule has 0 N–H and O–H groups in total. The number of allylic oxidation sites excluding steroid dienone is 2. The lowest BCUT2D eigenvalue weighted by molar-refractivity contribution is -0.133. The highest BCUT2D eigenvalue weighted by molar-refractivity contribution is 8.02. The third-order valence-electron chi connectivity index (χ3n) is 2.72. The molecule has 1 aliphatic heterocycles. The number of halogens is 2. The summed E-state index contributed by atoms with van der Waals surface area (Å²) in [6, 6.07) is 0. The van der Waals surface area contributed by atoms with E-state index in [0.717, 1.165) is 16.3 Å². The Kier molecular flexibility index (Phi) is 3.25. The highest BCUT2D eigenvalue weighted by Gasteiger charge is 2.49. The van der Waals surface area contributed by atoms with Crippen molar-refractivity contribution in [2.45, 2.75) is 23.4 Å². The molecule has 1 saturated heterocycles. The summed E-state index contributed by atoms with van der Waals surface area (Å²) in [5.74, 6) is -0.782. The van der Waals surface area contributed by atoms with E-state index in [0.29, 0.717) is 12.8 Å². The third kappa shape index (κ3) is 2.24. The minimum Gasteiger partial charge on any atom is -0.273 e. The van der Waals surface area contributed by atoms with E-state index in [4.69, 9.17) is 23.2 Å². The molecule has 1 fully saturated rings. The van der Waals surface area contributed by atoms with Crippen molar-refractivity contribution in [3.05, 3.63) is 12.2 Å². The van der Waals surface area contributed by atoms with Crippen LogP contribution in [0, 0.1) is 11.8 Å². The van der Waals surface area contributed by atoms with Crippen LogP contribution < -0.4 is 0 Å².